The van der Waals surface area contributed by atoms with Crippen LogP contribution in [0.15, 0.2) is 42.5 Å². The van der Waals surface area contributed by atoms with Gasteiger partial charge < -0.3 is 10.6 Å². The van der Waals surface area contributed by atoms with Gasteiger partial charge in [0.15, 0.2) is 22.3 Å². The number of aryl methyl sites for hydroxylation is 1. The zero-order valence-electron chi connectivity index (χ0n) is 30.7. The summed E-state index contributed by atoms with van der Waals surface area (Å²) < 4.78 is 132. The number of hydrogen-bond acceptors (Lipinski definition) is 9. The van der Waals surface area contributed by atoms with Crippen LogP contribution in [0.1, 0.15) is 66.4 Å². The Morgan fingerprint density at radius 2 is 1.78 bits per heavy atom. The summed E-state index contributed by atoms with van der Waals surface area (Å²) in [5.74, 6) is -8.88. The highest BCUT2D eigenvalue weighted by Crippen LogP contribution is 2.68. The van der Waals surface area contributed by atoms with E-state index in [0.717, 1.165) is 31.2 Å². The van der Waals surface area contributed by atoms with Crippen molar-refractivity contribution in [2.75, 3.05) is 16.3 Å². The third-order valence-corrected chi connectivity index (χ3v) is 12.3. The van der Waals surface area contributed by atoms with Crippen LogP contribution in [0, 0.1) is 17.6 Å². The third-order valence-electron chi connectivity index (χ3n) is 10.8. The van der Waals surface area contributed by atoms with E-state index in [2.05, 4.69) is 30.5 Å². The second-order valence-corrected chi connectivity index (χ2v) is 18.2. The van der Waals surface area contributed by atoms with E-state index in [4.69, 9.17) is 4.98 Å². The molecule has 0 bridgehead atoms. The van der Waals surface area contributed by atoms with Crippen molar-refractivity contribution >= 4 is 59.5 Å². The van der Waals surface area contributed by atoms with Gasteiger partial charge in [-0.05, 0) is 68.4 Å². The van der Waals surface area contributed by atoms with Crippen molar-refractivity contribution < 1.29 is 43.9 Å². The van der Waals surface area contributed by atoms with E-state index in [-0.39, 0.29) is 41.1 Å². The fourth-order valence-electron chi connectivity index (χ4n) is 7.94. The Hall–Kier alpha value is -5.31. The number of fused-ring (bicyclic) bond motifs is 5. The summed E-state index contributed by atoms with van der Waals surface area (Å²) >= 11 is 1.30. The predicted octanol–water partition coefficient (Wildman–Crippen LogP) is 7.38. The molecule has 0 spiro atoms. The average Bonchev–Trinajstić information content (AvgIpc) is 3.90. The monoisotopic (exact) mass is 847 g/mol. The van der Waals surface area contributed by atoms with Gasteiger partial charge in [0.05, 0.1) is 28.2 Å². The summed E-state index contributed by atoms with van der Waals surface area (Å²) in [5, 5.41) is 14.9. The summed E-state index contributed by atoms with van der Waals surface area (Å²) in [7, 11) is -2.18. The Kier molecular flexibility index (Phi) is 8.46. The number of carbonyl (C=O) groups is 1. The maximum atomic E-state index is 15.4. The molecule has 1 unspecified atom stereocenters. The summed E-state index contributed by atoms with van der Waals surface area (Å²) in [5.41, 5.74) is -1.60. The molecule has 2 saturated carbocycles. The van der Waals surface area contributed by atoms with Crippen molar-refractivity contribution in [3.63, 3.8) is 0 Å². The van der Waals surface area contributed by atoms with E-state index < -0.39 is 81.0 Å². The maximum Gasteiger partial charge on any atom is 0.435 e. The standard InChI is InChI=1S/C37H32F7N9O3S2/c1-35(7-8-35)48-34-47-33-25(57-34)14-21(19-5-4-6-20-29(19)52(2)50-32(20)51-58(3,55)56)28(46-33)24(11-16-9-17(38)12-18(39)10-16)45-26(54)15-53-31-27(30(49-53)37(42,43)44)22-13-23(22)36(31,40)41/h4-6,9-10,12,14,22-24H,7-8,11,13,15H2,1-3H3,(H,45,54)(H,50,51)(H,46,47,48)/t22?,23-,24+/m1/s1. The normalized spacial score (nSPS) is 19.6. The number of nitrogens with one attached hydrogen (secondary N) is 3. The number of aromatic nitrogens is 6. The molecular weight excluding hydrogens is 816 g/mol. The number of amides is 1. The zero-order chi connectivity index (χ0) is 41.3. The van der Waals surface area contributed by atoms with E-state index in [1.54, 1.807) is 31.3 Å². The SMILES string of the molecule is Cn1nc(NS(C)(=O)=O)c2cccc(-c3cc4sc(NC5(C)CC5)nc4nc3[C@H](Cc3cc(F)cc(F)c3)NC(=O)Cn3nc(C(F)(F)F)c4c3C(F)(F)[C@@H]3CC43)c21. The van der Waals surface area contributed by atoms with Crippen LogP contribution in [0.25, 0.3) is 32.4 Å². The fraction of sp³-hybridized carbons (Fsp3) is 0.378. The molecule has 0 aliphatic heterocycles. The van der Waals surface area contributed by atoms with Crippen LogP contribution in [0.5, 0.6) is 0 Å². The predicted molar refractivity (Wildman–Crippen MR) is 200 cm³/mol. The maximum absolute atomic E-state index is 15.4. The van der Waals surface area contributed by atoms with Gasteiger partial charge in [0.25, 0.3) is 5.92 Å². The molecule has 304 valence electrons. The van der Waals surface area contributed by atoms with E-state index >= 15 is 8.78 Å². The van der Waals surface area contributed by atoms with Crippen molar-refractivity contribution in [2.45, 2.75) is 68.7 Å². The highest BCUT2D eigenvalue weighted by molar-refractivity contribution is 7.92. The lowest BCUT2D eigenvalue weighted by atomic mass is 9.94. The average molecular weight is 848 g/mol. The van der Waals surface area contributed by atoms with Crippen LogP contribution in [0.4, 0.5) is 41.7 Å². The van der Waals surface area contributed by atoms with Crippen LogP contribution >= 0.6 is 11.3 Å². The molecule has 3 aliphatic carbocycles. The Balaban J connectivity index is 1.19. The molecule has 4 heterocycles. The lowest BCUT2D eigenvalue weighted by molar-refractivity contribution is -0.142. The van der Waals surface area contributed by atoms with Crippen LogP contribution in [0.2, 0.25) is 0 Å². The van der Waals surface area contributed by atoms with Gasteiger partial charge in [-0.25, -0.2) is 27.2 Å². The molecule has 3 atom stereocenters. The summed E-state index contributed by atoms with van der Waals surface area (Å²) in [4.78, 5) is 23.6. The van der Waals surface area contributed by atoms with Crippen LogP contribution < -0.4 is 15.4 Å². The Morgan fingerprint density at radius 3 is 2.45 bits per heavy atom. The number of anilines is 2. The smallest absolute Gasteiger partial charge is 0.356 e. The minimum Gasteiger partial charge on any atom is -0.356 e. The molecule has 1 amide bonds. The topological polar surface area (TPSA) is 149 Å². The fourth-order valence-corrected chi connectivity index (χ4v) is 9.44. The first-order chi connectivity index (χ1) is 27.2. The van der Waals surface area contributed by atoms with Crippen molar-refractivity contribution in [3.05, 3.63) is 82.3 Å². The molecule has 6 aromatic rings. The van der Waals surface area contributed by atoms with Crippen LogP contribution in [-0.2, 0) is 46.9 Å². The van der Waals surface area contributed by atoms with Crippen molar-refractivity contribution in [3.8, 4) is 11.1 Å². The van der Waals surface area contributed by atoms with Gasteiger partial charge in [-0.3, -0.25) is 18.9 Å². The summed E-state index contributed by atoms with van der Waals surface area (Å²) in [6.07, 6.45) is -2.72. The first-order valence-electron chi connectivity index (χ1n) is 18.0. The third kappa shape index (κ3) is 6.80. The van der Waals surface area contributed by atoms with Crippen molar-refractivity contribution in [2.24, 2.45) is 13.0 Å². The molecule has 2 aromatic carbocycles. The lowest BCUT2D eigenvalue weighted by Crippen LogP contribution is -2.35. The van der Waals surface area contributed by atoms with Gasteiger partial charge in [0.2, 0.25) is 15.9 Å². The van der Waals surface area contributed by atoms with E-state index in [1.807, 2.05) is 6.92 Å². The minimum absolute atomic E-state index is 0.0268. The number of rotatable bonds is 11. The Bertz CT molecular complexity index is 2790. The number of carbonyl (C=O) groups excluding carboxylic acids is 1. The van der Waals surface area contributed by atoms with Crippen LogP contribution in [0.3, 0.4) is 0 Å². The molecule has 12 nitrogen and oxygen atoms in total. The molecule has 0 saturated heterocycles. The number of para-hydroxylation sites is 1. The van der Waals surface area contributed by atoms with Gasteiger partial charge in [0.1, 0.15) is 23.9 Å². The van der Waals surface area contributed by atoms with Crippen LogP contribution in [-0.4, -0.2) is 55.6 Å². The number of thiazole rings is 1. The molecule has 4 aromatic heterocycles. The summed E-state index contributed by atoms with van der Waals surface area (Å²) in [6.45, 7) is 0.990. The molecule has 3 aliphatic rings. The summed E-state index contributed by atoms with van der Waals surface area (Å²) in [6, 6.07) is 8.16. The zero-order valence-corrected chi connectivity index (χ0v) is 32.3. The van der Waals surface area contributed by atoms with E-state index in [9.17, 15) is 35.2 Å². The van der Waals surface area contributed by atoms with Gasteiger partial charge in [-0.2, -0.15) is 32.1 Å². The largest absolute Gasteiger partial charge is 0.435 e. The molecule has 3 N–H and O–H groups in total. The lowest BCUT2D eigenvalue weighted by Gasteiger charge is -2.23. The van der Waals surface area contributed by atoms with Gasteiger partial charge in [-0.15, -0.1) is 0 Å². The second-order valence-electron chi connectivity index (χ2n) is 15.4. The minimum atomic E-state index is -5.06. The number of hydrogen-bond donors (Lipinski definition) is 3. The molecular formula is C37H32F7N9O3S2. The molecule has 58 heavy (non-hydrogen) atoms. The number of nitrogens with zero attached hydrogens (tertiary/aromatic N) is 6. The first-order valence-corrected chi connectivity index (χ1v) is 20.7. The quantitative estimate of drug-likeness (QED) is 0.115. The number of alkyl halides is 5. The second kappa shape index (κ2) is 12.8. The number of halogens is 7. The highest BCUT2D eigenvalue weighted by atomic mass is 32.2. The van der Waals surface area contributed by atoms with E-state index in [0.29, 0.717) is 42.6 Å². The van der Waals surface area contributed by atoms with Crippen molar-refractivity contribution in [1.82, 2.24) is 34.8 Å². The molecule has 0 radical (unpaired) electrons. The Labute approximate surface area is 328 Å². The van der Waals surface area contributed by atoms with E-state index in [1.165, 1.54) is 16.0 Å². The van der Waals surface area contributed by atoms with Gasteiger partial charge in [-0.1, -0.05) is 23.5 Å². The first kappa shape index (κ1) is 38.2. The van der Waals surface area contributed by atoms with Gasteiger partial charge >= 0.3 is 6.18 Å². The number of benzene rings is 2. The number of sulfonamides is 1. The number of pyridine rings is 1. The molecule has 2 fully saturated rings. The molecule has 21 heteroatoms. The van der Waals surface area contributed by atoms with Gasteiger partial charge in [0, 0.05) is 46.6 Å². The highest BCUT2D eigenvalue weighted by Gasteiger charge is 2.68. The molecule has 9 rings (SSSR count). The Morgan fingerprint density at radius 1 is 1.05 bits per heavy atom. The van der Waals surface area contributed by atoms with Crippen molar-refractivity contribution in [1.29, 1.82) is 0 Å².